The van der Waals surface area contributed by atoms with Crippen molar-refractivity contribution in [1.29, 1.82) is 0 Å². The van der Waals surface area contributed by atoms with Crippen molar-refractivity contribution in [2.24, 2.45) is 0 Å². The van der Waals surface area contributed by atoms with E-state index in [4.69, 9.17) is 16.3 Å². The molecule has 0 aliphatic carbocycles. The maximum absolute atomic E-state index is 13.3. The Balaban J connectivity index is 1.80. The molecule has 0 saturated heterocycles. The number of hydrogen-bond acceptors (Lipinski definition) is 3. The SMILES string of the molecule is Cc1ccc(F)cc1NC(=O)CN1C(=O)COc2ccc(Cl)cc21. The van der Waals surface area contributed by atoms with Crippen molar-refractivity contribution in [2.75, 3.05) is 23.4 Å². The number of halogens is 2. The molecular formula is C17H14ClFN2O3. The van der Waals surface area contributed by atoms with E-state index in [1.54, 1.807) is 31.2 Å². The van der Waals surface area contributed by atoms with Gasteiger partial charge in [0.15, 0.2) is 6.61 Å². The Morgan fingerprint density at radius 3 is 2.92 bits per heavy atom. The number of carbonyl (C=O) groups is 2. The summed E-state index contributed by atoms with van der Waals surface area (Å²) in [6.07, 6.45) is 0. The van der Waals surface area contributed by atoms with Crippen LogP contribution in [0.5, 0.6) is 5.75 Å². The third-order valence-corrected chi connectivity index (χ3v) is 3.87. The van der Waals surface area contributed by atoms with Gasteiger partial charge in [0, 0.05) is 10.7 Å². The molecule has 24 heavy (non-hydrogen) atoms. The Morgan fingerprint density at radius 1 is 1.33 bits per heavy atom. The molecule has 7 heteroatoms. The first-order chi connectivity index (χ1) is 11.4. The maximum atomic E-state index is 13.3. The van der Waals surface area contributed by atoms with Gasteiger partial charge in [-0.1, -0.05) is 17.7 Å². The van der Waals surface area contributed by atoms with Gasteiger partial charge in [-0.3, -0.25) is 14.5 Å². The largest absolute Gasteiger partial charge is 0.482 e. The van der Waals surface area contributed by atoms with Crippen LogP contribution in [-0.4, -0.2) is 25.0 Å². The molecule has 124 valence electrons. The predicted octanol–water partition coefficient (Wildman–Crippen LogP) is 3.15. The lowest BCUT2D eigenvalue weighted by molar-refractivity contribution is -0.123. The van der Waals surface area contributed by atoms with Gasteiger partial charge >= 0.3 is 0 Å². The summed E-state index contributed by atoms with van der Waals surface area (Å²) in [5, 5.41) is 3.05. The van der Waals surface area contributed by atoms with E-state index in [0.717, 1.165) is 5.56 Å². The third kappa shape index (κ3) is 3.33. The number of rotatable bonds is 3. The Hall–Kier alpha value is -2.60. The van der Waals surface area contributed by atoms with Crippen LogP contribution < -0.4 is 15.0 Å². The van der Waals surface area contributed by atoms with Crippen molar-refractivity contribution in [2.45, 2.75) is 6.92 Å². The zero-order valence-corrected chi connectivity index (χ0v) is 13.6. The van der Waals surface area contributed by atoms with Crippen LogP contribution >= 0.6 is 11.6 Å². The second-order valence-corrected chi connectivity index (χ2v) is 5.82. The minimum atomic E-state index is -0.449. The standard InChI is InChI=1S/C17H14ClFN2O3/c1-10-2-4-12(19)7-13(10)20-16(22)8-21-14-6-11(18)3-5-15(14)24-9-17(21)23/h2-7H,8-9H2,1H3,(H,20,22). The Labute approximate surface area is 143 Å². The lowest BCUT2D eigenvalue weighted by atomic mass is 10.2. The van der Waals surface area contributed by atoms with Crippen molar-refractivity contribution in [3.05, 3.63) is 52.8 Å². The number of hydrogen-bond donors (Lipinski definition) is 1. The average molecular weight is 349 g/mol. The van der Waals surface area contributed by atoms with E-state index in [-0.39, 0.29) is 19.1 Å². The Kier molecular flexibility index (Phi) is 4.40. The fraction of sp³-hybridized carbons (Fsp3) is 0.176. The number of nitrogens with zero attached hydrogens (tertiary/aromatic N) is 1. The van der Waals surface area contributed by atoms with Gasteiger partial charge in [-0.25, -0.2) is 4.39 Å². The molecule has 0 radical (unpaired) electrons. The number of carbonyl (C=O) groups excluding carboxylic acids is 2. The van der Waals surface area contributed by atoms with Crippen molar-refractivity contribution in [3.8, 4) is 5.75 Å². The van der Waals surface area contributed by atoms with Crippen LogP contribution in [0.4, 0.5) is 15.8 Å². The summed E-state index contributed by atoms with van der Waals surface area (Å²) in [5.74, 6) is -0.759. The summed E-state index contributed by atoms with van der Waals surface area (Å²) in [5.41, 5.74) is 1.53. The van der Waals surface area contributed by atoms with E-state index in [2.05, 4.69) is 5.32 Å². The molecule has 0 spiro atoms. The fourth-order valence-electron chi connectivity index (χ4n) is 2.41. The van der Waals surface area contributed by atoms with Gasteiger partial charge in [-0.2, -0.15) is 0 Å². The van der Waals surface area contributed by atoms with Gasteiger partial charge in [0.2, 0.25) is 5.91 Å². The molecule has 2 amide bonds. The van der Waals surface area contributed by atoms with Crippen LogP contribution in [0.1, 0.15) is 5.56 Å². The van der Waals surface area contributed by atoms with Crippen LogP contribution in [0.3, 0.4) is 0 Å². The first kappa shape index (κ1) is 16.3. The molecule has 3 rings (SSSR count). The smallest absolute Gasteiger partial charge is 0.265 e. The Morgan fingerprint density at radius 2 is 2.12 bits per heavy atom. The zero-order chi connectivity index (χ0) is 17.3. The molecule has 0 unspecified atom stereocenters. The van der Waals surface area contributed by atoms with Crippen molar-refractivity contribution in [1.82, 2.24) is 0 Å². The van der Waals surface area contributed by atoms with Crippen LogP contribution in [0.2, 0.25) is 5.02 Å². The molecule has 1 N–H and O–H groups in total. The van der Waals surface area contributed by atoms with E-state index in [9.17, 15) is 14.0 Å². The van der Waals surface area contributed by atoms with Gasteiger partial charge in [0.25, 0.3) is 5.91 Å². The first-order valence-corrected chi connectivity index (χ1v) is 7.60. The van der Waals surface area contributed by atoms with Gasteiger partial charge in [0.05, 0.1) is 5.69 Å². The monoisotopic (exact) mass is 348 g/mol. The molecule has 1 aliphatic heterocycles. The van der Waals surface area contributed by atoms with Gasteiger partial charge in [0.1, 0.15) is 18.1 Å². The van der Waals surface area contributed by atoms with Crippen LogP contribution in [-0.2, 0) is 9.59 Å². The van der Waals surface area contributed by atoms with E-state index in [1.807, 2.05) is 0 Å². The molecule has 5 nitrogen and oxygen atoms in total. The highest BCUT2D eigenvalue weighted by Gasteiger charge is 2.27. The van der Waals surface area contributed by atoms with E-state index < -0.39 is 11.7 Å². The molecular weight excluding hydrogens is 335 g/mol. The molecule has 1 aliphatic rings. The number of amides is 2. The second-order valence-electron chi connectivity index (χ2n) is 5.39. The summed E-state index contributed by atoms with van der Waals surface area (Å²) in [6.45, 7) is 1.39. The van der Waals surface area contributed by atoms with Crippen molar-refractivity contribution < 1.29 is 18.7 Å². The topological polar surface area (TPSA) is 58.6 Å². The predicted molar refractivity (Wildman–Crippen MR) is 89.1 cm³/mol. The van der Waals surface area contributed by atoms with Crippen LogP contribution in [0.25, 0.3) is 0 Å². The number of nitrogens with one attached hydrogen (secondary N) is 1. The summed E-state index contributed by atoms with van der Waals surface area (Å²) in [6, 6.07) is 8.97. The van der Waals surface area contributed by atoms with E-state index >= 15 is 0 Å². The molecule has 2 aromatic carbocycles. The van der Waals surface area contributed by atoms with Gasteiger partial charge in [-0.15, -0.1) is 0 Å². The molecule has 0 atom stereocenters. The average Bonchev–Trinajstić information content (AvgIpc) is 2.54. The minimum absolute atomic E-state index is 0.152. The maximum Gasteiger partial charge on any atom is 0.265 e. The molecule has 0 fully saturated rings. The van der Waals surface area contributed by atoms with Crippen LogP contribution in [0.15, 0.2) is 36.4 Å². The highest BCUT2D eigenvalue weighted by atomic mass is 35.5. The lowest BCUT2D eigenvalue weighted by Crippen LogP contribution is -2.43. The van der Waals surface area contributed by atoms with E-state index in [1.165, 1.54) is 17.0 Å². The number of fused-ring (bicyclic) bond motifs is 1. The quantitative estimate of drug-likeness (QED) is 0.927. The molecule has 2 aromatic rings. The third-order valence-electron chi connectivity index (χ3n) is 3.64. The molecule has 0 aromatic heterocycles. The molecule has 0 saturated carbocycles. The molecule has 1 heterocycles. The summed E-state index contributed by atoms with van der Waals surface area (Å²) < 4.78 is 18.6. The number of anilines is 2. The van der Waals surface area contributed by atoms with E-state index in [0.29, 0.717) is 22.1 Å². The van der Waals surface area contributed by atoms with Gasteiger partial charge in [-0.05, 0) is 42.8 Å². The summed E-state index contributed by atoms with van der Waals surface area (Å²) >= 11 is 5.96. The minimum Gasteiger partial charge on any atom is -0.482 e. The lowest BCUT2D eigenvalue weighted by Gasteiger charge is -2.29. The fourth-order valence-corrected chi connectivity index (χ4v) is 2.58. The Bertz CT molecular complexity index is 825. The first-order valence-electron chi connectivity index (χ1n) is 7.23. The molecule has 0 bridgehead atoms. The highest BCUT2D eigenvalue weighted by Crippen LogP contribution is 2.34. The number of aryl methyl sites for hydroxylation is 1. The van der Waals surface area contributed by atoms with Crippen LogP contribution in [0, 0.1) is 12.7 Å². The highest BCUT2D eigenvalue weighted by molar-refractivity contribution is 6.31. The second kappa shape index (κ2) is 6.49. The van der Waals surface area contributed by atoms with Crippen molar-refractivity contribution >= 4 is 34.8 Å². The van der Waals surface area contributed by atoms with Gasteiger partial charge < -0.3 is 10.1 Å². The number of ether oxygens (including phenoxy) is 1. The number of benzene rings is 2. The zero-order valence-electron chi connectivity index (χ0n) is 12.8. The summed E-state index contributed by atoms with van der Waals surface area (Å²) in [4.78, 5) is 25.7. The normalized spacial score (nSPS) is 13.3. The summed E-state index contributed by atoms with van der Waals surface area (Å²) in [7, 11) is 0. The van der Waals surface area contributed by atoms with Crippen molar-refractivity contribution in [3.63, 3.8) is 0 Å².